The molecule has 0 saturated carbocycles. The van der Waals surface area contributed by atoms with Gasteiger partial charge in [0.05, 0.1) is 4.92 Å². The summed E-state index contributed by atoms with van der Waals surface area (Å²) in [5.74, 6) is 0.534. The third-order valence-electron chi connectivity index (χ3n) is 4.12. The number of anilines is 1. The van der Waals surface area contributed by atoms with Crippen LogP contribution in [0.5, 0.6) is 0 Å². The lowest BCUT2D eigenvalue weighted by atomic mass is 9.91. The Balaban J connectivity index is 1.80. The predicted molar refractivity (Wildman–Crippen MR) is 79.2 cm³/mol. The lowest BCUT2D eigenvalue weighted by Gasteiger charge is -2.32. The molecular formula is C14H18N4O3. The van der Waals surface area contributed by atoms with Gasteiger partial charge in [0.2, 0.25) is 0 Å². The minimum absolute atomic E-state index is 0.0259. The van der Waals surface area contributed by atoms with Gasteiger partial charge >= 0.3 is 0 Å². The summed E-state index contributed by atoms with van der Waals surface area (Å²) in [6.45, 7) is 3.74. The fourth-order valence-corrected chi connectivity index (χ4v) is 2.77. The Bertz CT molecular complexity index is 659. The second-order valence-electron chi connectivity index (χ2n) is 5.59. The molecule has 0 aliphatic carbocycles. The number of oxazole rings is 1. The molecular weight excluding hydrogens is 272 g/mol. The number of nitro groups is 1. The molecule has 1 unspecified atom stereocenters. The van der Waals surface area contributed by atoms with Gasteiger partial charge in [0, 0.05) is 31.3 Å². The van der Waals surface area contributed by atoms with Crippen LogP contribution >= 0.6 is 0 Å². The molecule has 2 heterocycles. The first-order valence-corrected chi connectivity index (χ1v) is 7.10. The van der Waals surface area contributed by atoms with E-state index < -0.39 is 4.92 Å². The molecule has 0 radical (unpaired) electrons. The van der Waals surface area contributed by atoms with E-state index in [4.69, 9.17) is 10.2 Å². The van der Waals surface area contributed by atoms with Gasteiger partial charge in [-0.05, 0) is 31.7 Å². The Morgan fingerprint density at radius 1 is 1.48 bits per heavy atom. The highest BCUT2D eigenvalue weighted by Gasteiger charge is 2.25. The SMILES string of the molecule is CC(N)C1CCN(c2nc3cc([N+](=O)[O-])ccc3o2)CC1. The first-order chi connectivity index (χ1) is 10.0. The number of nitro benzene ring substituents is 1. The number of nitrogens with zero attached hydrogens (tertiary/aromatic N) is 3. The quantitative estimate of drug-likeness (QED) is 0.688. The number of hydrogen-bond donors (Lipinski definition) is 1. The summed E-state index contributed by atoms with van der Waals surface area (Å²) in [4.78, 5) is 16.8. The summed E-state index contributed by atoms with van der Waals surface area (Å²) >= 11 is 0. The van der Waals surface area contributed by atoms with Crippen molar-refractivity contribution in [3.63, 3.8) is 0 Å². The third kappa shape index (κ3) is 2.69. The molecule has 1 atom stereocenters. The van der Waals surface area contributed by atoms with Crippen LogP contribution in [0.1, 0.15) is 19.8 Å². The van der Waals surface area contributed by atoms with E-state index in [1.807, 2.05) is 6.92 Å². The number of nitrogens with two attached hydrogens (primary N) is 1. The van der Waals surface area contributed by atoms with Gasteiger partial charge in [0.15, 0.2) is 5.58 Å². The minimum atomic E-state index is -0.429. The molecule has 7 nitrogen and oxygen atoms in total. The topological polar surface area (TPSA) is 98.4 Å². The predicted octanol–water partition coefficient (Wildman–Crippen LogP) is 2.30. The number of aromatic nitrogens is 1. The zero-order valence-corrected chi connectivity index (χ0v) is 11.9. The van der Waals surface area contributed by atoms with Crippen LogP contribution in [0.4, 0.5) is 11.7 Å². The molecule has 1 aliphatic rings. The van der Waals surface area contributed by atoms with Crippen LogP contribution in [0, 0.1) is 16.0 Å². The fraction of sp³-hybridized carbons (Fsp3) is 0.500. The number of piperidine rings is 1. The number of hydrogen-bond acceptors (Lipinski definition) is 6. The summed E-state index contributed by atoms with van der Waals surface area (Å²) in [7, 11) is 0. The monoisotopic (exact) mass is 290 g/mol. The zero-order valence-electron chi connectivity index (χ0n) is 11.9. The standard InChI is InChI=1S/C14H18N4O3/c1-9(15)10-4-6-17(7-5-10)14-16-12-8-11(18(19)20)2-3-13(12)21-14/h2-3,8-10H,4-7,15H2,1H3. The first kappa shape index (κ1) is 13.8. The average molecular weight is 290 g/mol. The van der Waals surface area contributed by atoms with Crippen LogP contribution in [0.25, 0.3) is 11.1 Å². The Morgan fingerprint density at radius 2 is 2.19 bits per heavy atom. The maximum absolute atomic E-state index is 10.8. The summed E-state index contributed by atoms with van der Waals surface area (Å²) < 4.78 is 5.70. The molecule has 0 bridgehead atoms. The highest BCUT2D eigenvalue weighted by atomic mass is 16.6. The average Bonchev–Trinajstić information content (AvgIpc) is 2.90. The van der Waals surface area contributed by atoms with Crippen LogP contribution in [0.3, 0.4) is 0 Å². The number of benzene rings is 1. The van der Waals surface area contributed by atoms with Gasteiger partial charge < -0.3 is 15.1 Å². The van der Waals surface area contributed by atoms with Crippen molar-refractivity contribution in [3.8, 4) is 0 Å². The molecule has 0 amide bonds. The summed E-state index contributed by atoms with van der Waals surface area (Å²) in [6, 6.07) is 5.21. The summed E-state index contributed by atoms with van der Waals surface area (Å²) in [5, 5.41) is 10.8. The highest BCUT2D eigenvalue weighted by molar-refractivity contribution is 5.77. The third-order valence-corrected chi connectivity index (χ3v) is 4.12. The second kappa shape index (κ2) is 5.33. The Morgan fingerprint density at radius 3 is 2.81 bits per heavy atom. The van der Waals surface area contributed by atoms with E-state index >= 15 is 0 Å². The normalized spacial score (nSPS) is 18.1. The van der Waals surface area contributed by atoms with E-state index in [0.717, 1.165) is 25.9 Å². The van der Waals surface area contributed by atoms with E-state index in [1.54, 1.807) is 6.07 Å². The van der Waals surface area contributed by atoms with Gasteiger partial charge in [-0.3, -0.25) is 10.1 Å². The van der Waals surface area contributed by atoms with Crippen LogP contribution < -0.4 is 10.6 Å². The maximum atomic E-state index is 10.8. The molecule has 1 aromatic carbocycles. The Kier molecular flexibility index (Phi) is 3.50. The summed E-state index contributed by atoms with van der Waals surface area (Å²) in [5.41, 5.74) is 7.06. The molecule has 1 fully saturated rings. The van der Waals surface area contributed by atoms with Crippen molar-refractivity contribution in [3.05, 3.63) is 28.3 Å². The van der Waals surface area contributed by atoms with Crippen molar-refractivity contribution in [2.75, 3.05) is 18.0 Å². The zero-order chi connectivity index (χ0) is 15.0. The molecule has 21 heavy (non-hydrogen) atoms. The van der Waals surface area contributed by atoms with E-state index in [1.165, 1.54) is 12.1 Å². The lowest BCUT2D eigenvalue weighted by Crippen LogP contribution is -2.39. The fourth-order valence-electron chi connectivity index (χ4n) is 2.77. The van der Waals surface area contributed by atoms with Gasteiger partial charge in [0.25, 0.3) is 11.7 Å². The van der Waals surface area contributed by atoms with Crippen LogP contribution in [0.2, 0.25) is 0 Å². The maximum Gasteiger partial charge on any atom is 0.298 e. The molecule has 3 rings (SSSR count). The Hall–Kier alpha value is -2.15. The molecule has 112 valence electrons. The van der Waals surface area contributed by atoms with Gasteiger partial charge in [-0.2, -0.15) is 4.98 Å². The van der Waals surface area contributed by atoms with Crippen molar-refractivity contribution in [2.24, 2.45) is 11.7 Å². The van der Waals surface area contributed by atoms with E-state index in [2.05, 4.69) is 9.88 Å². The van der Waals surface area contributed by atoms with Gasteiger partial charge in [-0.25, -0.2) is 0 Å². The van der Waals surface area contributed by atoms with Crippen molar-refractivity contribution >= 4 is 22.8 Å². The van der Waals surface area contributed by atoms with Gasteiger partial charge in [-0.15, -0.1) is 0 Å². The molecule has 1 aliphatic heterocycles. The van der Waals surface area contributed by atoms with Crippen molar-refractivity contribution in [1.82, 2.24) is 4.98 Å². The van der Waals surface area contributed by atoms with Gasteiger partial charge in [0.1, 0.15) is 5.52 Å². The van der Waals surface area contributed by atoms with Crippen molar-refractivity contribution in [2.45, 2.75) is 25.8 Å². The molecule has 2 N–H and O–H groups in total. The number of fused-ring (bicyclic) bond motifs is 1. The molecule has 7 heteroatoms. The van der Waals surface area contributed by atoms with E-state index in [-0.39, 0.29) is 11.7 Å². The number of rotatable bonds is 3. The van der Waals surface area contributed by atoms with E-state index in [0.29, 0.717) is 23.0 Å². The van der Waals surface area contributed by atoms with Crippen molar-refractivity contribution < 1.29 is 9.34 Å². The van der Waals surface area contributed by atoms with Crippen LogP contribution in [-0.4, -0.2) is 29.0 Å². The molecule has 0 spiro atoms. The van der Waals surface area contributed by atoms with Gasteiger partial charge in [-0.1, -0.05) is 0 Å². The smallest absolute Gasteiger partial charge is 0.298 e. The Labute approximate surface area is 121 Å². The molecule has 1 saturated heterocycles. The number of non-ortho nitro benzene ring substituents is 1. The van der Waals surface area contributed by atoms with Crippen molar-refractivity contribution in [1.29, 1.82) is 0 Å². The lowest BCUT2D eigenvalue weighted by molar-refractivity contribution is -0.384. The molecule has 1 aromatic heterocycles. The molecule has 2 aromatic rings. The minimum Gasteiger partial charge on any atom is -0.423 e. The first-order valence-electron chi connectivity index (χ1n) is 7.10. The van der Waals surface area contributed by atoms with E-state index in [9.17, 15) is 10.1 Å². The summed E-state index contributed by atoms with van der Waals surface area (Å²) in [6.07, 6.45) is 2.02. The van der Waals surface area contributed by atoms with Crippen LogP contribution in [0.15, 0.2) is 22.6 Å². The largest absolute Gasteiger partial charge is 0.423 e. The van der Waals surface area contributed by atoms with Crippen LogP contribution in [-0.2, 0) is 0 Å². The highest BCUT2D eigenvalue weighted by Crippen LogP contribution is 2.28. The second-order valence-corrected chi connectivity index (χ2v) is 5.59.